The van der Waals surface area contributed by atoms with Crippen molar-refractivity contribution in [1.82, 2.24) is 0 Å². The summed E-state index contributed by atoms with van der Waals surface area (Å²) >= 11 is 0. The van der Waals surface area contributed by atoms with Gasteiger partial charge in [-0.2, -0.15) is 13.2 Å². The predicted octanol–water partition coefficient (Wildman–Crippen LogP) is -1.22. The van der Waals surface area contributed by atoms with E-state index in [2.05, 4.69) is 0 Å². The Morgan fingerprint density at radius 1 is 1.08 bits per heavy atom. The predicted molar refractivity (Wildman–Crippen MR) is 30.9 cm³/mol. The second-order valence-corrected chi connectivity index (χ2v) is 1.99. The van der Waals surface area contributed by atoms with Crippen LogP contribution in [0.5, 0.6) is 5.75 Å². The molecule has 5 heteroatoms. The maximum absolute atomic E-state index is 11.8. The molecule has 0 saturated carbocycles. The molecule has 0 N–H and O–H groups in total. The summed E-state index contributed by atoms with van der Waals surface area (Å²) in [6, 6.07) is 4.12. The van der Waals surface area contributed by atoms with Gasteiger partial charge in [0.05, 0.1) is 0 Å². The van der Waals surface area contributed by atoms with Crippen LogP contribution in [0.1, 0.15) is 5.56 Å². The zero-order valence-electron chi connectivity index (χ0n) is 6.35. The molecule has 60 valence electrons. The van der Waals surface area contributed by atoms with E-state index >= 15 is 0 Å². The fourth-order valence-corrected chi connectivity index (χ4v) is 0.701. The second-order valence-electron chi connectivity index (χ2n) is 1.99. The van der Waals surface area contributed by atoms with E-state index in [4.69, 9.17) is 0 Å². The third-order valence-electron chi connectivity index (χ3n) is 1.19. The molecule has 0 aliphatic heterocycles. The maximum atomic E-state index is 11.8. The van der Waals surface area contributed by atoms with Gasteiger partial charge < -0.3 is 5.11 Å². The first kappa shape index (κ1) is 11.4. The molecule has 1 nitrogen and oxygen atoms in total. The van der Waals surface area contributed by atoms with E-state index < -0.39 is 17.5 Å². The maximum Gasteiger partial charge on any atom is 1.00 e. The molecule has 0 spiro atoms. The summed E-state index contributed by atoms with van der Waals surface area (Å²) in [5.74, 6) is -0.986. The van der Waals surface area contributed by atoms with Crippen LogP contribution >= 0.6 is 0 Å². The van der Waals surface area contributed by atoms with Crippen LogP contribution in [0, 0.1) is 0 Å². The molecular formula is C7H4F3LiO. The van der Waals surface area contributed by atoms with Crippen molar-refractivity contribution in [3.63, 3.8) is 0 Å². The minimum absolute atomic E-state index is 0. The number of para-hydroxylation sites is 1. The zero-order valence-corrected chi connectivity index (χ0v) is 6.35. The van der Waals surface area contributed by atoms with E-state index in [0.29, 0.717) is 0 Å². The average molecular weight is 168 g/mol. The molecule has 0 aromatic heterocycles. The first-order valence-corrected chi connectivity index (χ1v) is 2.85. The summed E-state index contributed by atoms with van der Waals surface area (Å²) in [6.07, 6.45) is -4.53. The molecular weight excluding hydrogens is 164 g/mol. The number of rotatable bonds is 0. The molecule has 1 aromatic rings. The van der Waals surface area contributed by atoms with Crippen LogP contribution in [0.3, 0.4) is 0 Å². The second kappa shape index (κ2) is 3.88. The van der Waals surface area contributed by atoms with E-state index in [0.717, 1.165) is 12.1 Å². The van der Waals surface area contributed by atoms with Crippen LogP contribution in [0.2, 0.25) is 0 Å². The van der Waals surface area contributed by atoms with E-state index in [-0.39, 0.29) is 18.9 Å². The van der Waals surface area contributed by atoms with Gasteiger partial charge >= 0.3 is 25.0 Å². The third-order valence-corrected chi connectivity index (χ3v) is 1.19. The summed E-state index contributed by atoms with van der Waals surface area (Å²) in [6.45, 7) is 0. The van der Waals surface area contributed by atoms with Crippen molar-refractivity contribution in [3.05, 3.63) is 29.8 Å². The zero-order chi connectivity index (χ0) is 8.48. The minimum Gasteiger partial charge on any atom is -0.872 e. The summed E-state index contributed by atoms with van der Waals surface area (Å²) in [4.78, 5) is 0. The van der Waals surface area contributed by atoms with Crippen LogP contribution in [0.4, 0.5) is 13.2 Å². The number of alkyl halides is 3. The minimum atomic E-state index is -4.53. The fourth-order valence-electron chi connectivity index (χ4n) is 0.701. The number of halogens is 3. The molecule has 0 amide bonds. The van der Waals surface area contributed by atoms with Gasteiger partial charge in [0.25, 0.3) is 0 Å². The van der Waals surface area contributed by atoms with Crippen molar-refractivity contribution in [2.24, 2.45) is 0 Å². The van der Waals surface area contributed by atoms with Crippen molar-refractivity contribution in [1.29, 1.82) is 0 Å². The Kier molecular flexibility index (Phi) is 3.69. The number of benzene rings is 1. The Hall–Kier alpha value is -0.593. The van der Waals surface area contributed by atoms with Crippen LogP contribution in [-0.4, -0.2) is 0 Å². The molecule has 0 saturated heterocycles. The van der Waals surface area contributed by atoms with E-state index in [1.54, 1.807) is 0 Å². The van der Waals surface area contributed by atoms with Crippen LogP contribution in [0.15, 0.2) is 24.3 Å². The topological polar surface area (TPSA) is 23.1 Å². The number of hydrogen-bond acceptors (Lipinski definition) is 1. The molecule has 0 heterocycles. The van der Waals surface area contributed by atoms with Gasteiger partial charge in [0.2, 0.25) is 0 Å². The summed E-state index contributed by atoms with van der Waals surface area (Å²) < 4.78 is 35.5. The average Bonchev–Trinajstić information content (AvgIpc) is 1.86. The largest absolute Gasteiger partial charge is 1.00 e. The van der Waals surface area contributed by atoms with E-state index in [9.17, 15) is 18.3 Å². The Bertz CT molecular complexity index is 259. The molecule has 0 aliphatic rings. The van der Waals surface area contributed by atoms with Gasteiger partial charge in [-0.05, 0) is 0 Å². The summed E-state index contributed by atoms with van der Waals surface area (Å²) in [7, 11) is 0. The van der Waals surface area contributed by atoms with Crippen molar-refractivity contribution >= 4 is 0 Å². The van der Waals surface area contributed by atoms with Gasteiger partial charge in [-0.1, -0.05) is 30.0 Å². The van der Waals surface area contributed by atoms with Crippen molar-refractivity contribution in [3.8, 4) is 5.75 Å². The molecule has 0 aliphatic carbocycles. The van der Waals surface area contributed by atoms with Gasteiger partial charge in [-0.25, -0.2) is 0 Å². The number of hydrogen-bond donors (Lipinski definition) is 0. The first-order valence-electron chi connectivity index (χ1n) is 2.85. The Labute approximate surface area is 79.4 Å². The van der Waals surface area contributed by atoms with Crippen molar-refractivity contribution in [2.75, 3.05) is 0 Å². The Morgan fingerprint density at radius 3 is 1.92 bits per heavy atom. The Balaban J connectivity index is 0.00000121. The van der Waals surface area contributed by atoms with Crippen molar-refractivity contribution in [2.45, 2.75) is 6.18 Å². The quantitative estimate of drug-likeness (QED) is 0.445. The first-order chi connectivity index (χ1) is 5.02. The molecule has 1 aromatic carbocycles. The van der Waals surface area contributed by atoms with Crippen LogP contribution < -0.4 is 24.0 Å². The van der Waals surface area contributed by atoms with Crippen molar-refractivity contribution < 1.29 is 37.1 Å². The molecule has 12 heavy (non-hydrogen) atoms. The molecule has 0 bridgehead atoms. The summed E-state index contributed by atoms with van der Waals surface area (Å²) in [5.41, 5.74) is -1.11. The van der Waals surface area contributed by atoms with Gasteiger partial charge in [0.1, 0.15) is 0 Å². The van der Waals surface area contributed by atoms with Crippen LogP contribution in [-0.2, 0) is 6.18 Å². The van der Waals surface area contributed by atoms with Gasteiger partial charge in [0, 0.05) is 5.56 Å². The standard InChI is InChI=1S/C7H5F3O.Li/c8-7(9,10)5-3-1-2-4-6(5)11;/h1-4,11H;/q;+1/p-1. The normalized spacial score (nSPS) is 10.6. The monoisotopic (exact) mass is 168 g/mol. The van der Waals surface area contributed by atoms with Gasteiger partial charge in [-0.3, -0.25) is 0 Å². The smallest absolute Gasteiger partial charge is 0.872 e. The van der Waals surface area contributed by atoms with E-state index in [1.165, 1.54) is 12.1 Å². The van der Waals surface area contributed by atoms with Gasteiger partial charge in [0.15, 0.2) is 0 Å². The fraction of sp³-hybridized carbons (Fsp3) is 0.143. The van der Waals surface area contributed by atoms with Gasteiger partial charge in [-0.15, -0.1) is 0 Å². The Morgan fingerprint density at radius 2 is 1.58 bits per heavy atom. The van der Waals surface area contributed by atoms with Crippen LogP contribution in [0.25, 0.3) is 0 Å². The third kappa shape index (κ3) is 2.47. The molecule has 0 unspecified atom stereocenters. The molecule has 0 radical (unpaired) electrons. The van der Waals surface area contributed by atoms with E-state index in [1.807, 2.05) is 0 Å². The molecule has 0 fully saturated rings. The molecule has 0 atom stereocenters. The SMILES string of the molecule is [Li+].[O-]c1ccccc1C(F)(F)F. The molecule has 1 rings (SSSR count). The summed E-state index contributed by atoms with van der Waals surface area (Å²) in [5, 5.41) is 10.5.